The van der Waals surface area contributed by atoms with Crippen molar-refractivity contribution < 1.29 is 14.3 Å². The van der Waals surface area contributed by atoms with Gasteiger partial charge in [-0.05, 0) is 18.6 Å². The molecule has 1 atom stereocenters. The maximum Gasteiger partial charge on any atom is 0.253 e. The Morgan fingerprint density at radius 3 is 2.60 bits per heavy atom. The third kappa shape index (κ3) is 4.39. The molecule has 1 fully saturated rings. The molecule has 2 heterocycles. The first-order chi connectivity index (χ1) is 11.9. The summed E-state index contributed by atoms with van der Waals surface area (Å²) in [5.74, 6) is 0.908. The number of hydrogen-bond acceptors (Lipinski definition) is 5. The van der Waals surface area contributed by atoms with Crippen molar-refractivity contribution in [2.24, 2.45) is 0 Å². The van der Waals surface area contributed by atoms with Gasteiger partial charge in [-0.25, -0.2) is 4.98 Å². The van der Waals surface area contributed by atoms with Crippen LogP contribution < -0.4 is 10.1 Å². The van der Waals surface area contributed by atoms with Crippen LogP contribution in [0.3, 0.4) is 0 Å². The van der Waals surface area contributed by atoms with Crippen molar-refractivity contribution in [3.8, 4) is 11.6 Å². The number of halogens is 3. The first-order valence-corrected chi connectivity index (χ1v) is 9.32. The van der Waals surface area contributed by atoms with Crippen LogP contribution in [0.15, 0.2) is 30.5 Å². The van der Waals surface area contributed by atoms with E-state index in [1.54, 1.807) is 6.07 Å². The predicted molar refractivity (Wildman–Crippen MR) is 99.1 cm³/mol. The Hall–Kier alpha value is -1.47. The molecular weight excluding hydrogens is 407 g/mol. The highest BCUT2D eigenvalue weighted by molar-refractivity contribution is 8.14. The Labute approximate surface area is 163 Å². The van der Waals surface area contributed by atoms with E-state index in [9.17, 15) is 9.59 Å². The van der Waals surface area contributed by atoms with E-state index >= 15 is 0 Å². The summed E-state index contributed by atoms with van der Waals surface area (Å²) in [6, 6.07) is 5.59. The zero-order chi connectivity index (χ0) is 18.0. The van der Waals surface area contributed by atoms with Gasteiger partial charge in [-0.2, -0.15) is 0 Å². The van der Waals surface area contributed by atoms with Gasteiger partial charge >= 0.3 is 0 Å². The minimum atomic E-state index is -0.441. The first kappa shape index (κ1) is 18.3. The zero-order valence-electron chi connectivity index (χ0n) is 12.6. The monoisotopic (exact) mass is 416 g/mol. The molecule has 0 radical (unpaired) electrons. The average Bonchev–Trinajstić information content (AvgIpc) is 2.98. The van der Waals surface area contributed by atoms with Gasteiger partial charge in [0.05, 0.1) is 26.7 Å². The number of amides is 1. The molecule has 25 heavy (non-hydrogen) atoms. The third-order valence-electron chi connectivity index (χ3n) is 3.43. The lowest BCUT2D eigenvalue weighted by molar-refractivity contribution is -0.112. The number of carbonyl (C=O) groups excluding carboxylic acids is 2. The molecule has 0 unspecified atom stereocenters. The fourth-order valence-electron chi connectivity index (χ4n) is 2.14. The number of thioether (sulfide) groups is 1. The van der Waals surface area contributed by atoms with Crippen molar-refractivity contribution in [3.05, 3.63) is 51.1 Å². The summed E-state index contributed by atoms with van der Waals surface area (Å²) in [5.41, 5.74) is 0.331. The van der Waals surface area contributed by atoms with E-state index in [0.717, 1.165) is 5.75 Å². The van der Waals surface area contributed by atoms with E-state index in [1.807, 2.05) is 0 Å². The molecule has 1 amide bonds. The minimum absolute atomic E-state index is 0.0180. The van der Waals surface area contributed by atoms with Gasteiger partial charge in [0.1, 0.15) is 5.75 Å². The summed E-state index contributed by atoms with van der Waals surface area (Å²) in [6.45, 7) is 0. The molecule has 1 aromatic carbocycles. The van der Waals surface area contributed by atoms with Crippen LogP contribution in [0.25, 0.3) is 0 Å². The van der Waals surface area contributed by atoms with E-state index in [0.29, 0.717) is 27.8 Å². The number of carbonyl (C=O) groups is 2. The van der Waals surface area contributed by atoms with Crippen LogP contribution in [0, 0.1) is 0 Å². The molecule has 1 aliphatic heterocycles. The highest BCUT2D eigenvalue weighted by Gasteiger charge is 2.27. The van der Waals surface area contributed by atoms with Crippen LogP contribution in [0.1, 0.15) is 16.8 Å². The highest BCUT2D eigenvalue weighted by atomic mass is 35.5. The lowest BCUT2D eigenvalue weighted by atomic mass is 10.2. The second-order valence-corrected chi connectivity index (χ2v) is 7.49. The van der Waals surface area contributed by atoms with Gasteiger partial charge in [0, 0.05) is 24.1 Å². The highest BCUT2D eigenvalue weighted by Crippen LogP contribution is 2.35. The molecule has 9 heteroatoms. The van der Waals surface area contributed by atoms with Crippen LogP contribution in [-0.2, 0) is 4.79 Å². The molecule has 1 aliphatic rings. The standard InChI is InChI=1S/C16H11Cl3N2O3S/c17-9-5-11(19)13(6-10(9)18)24-14-2-1-8(7-20-14)15(22)21-12-3-4-25-16(12)23/h1-2,5-7,12H,3-4H2,(H,21,22)/t12-/m0/s1. The fraction of sp³-hybridized carbons (Fsp3) is 0.188. The van der Waals surface area contributed by atoms with Crippen LogP contribution in [0.2, 0.25) is 15.1 Å². The van der Waals surface area contributed by atoms with Gasteiger partial charge in [-0.1, -0.05) is 46.6 Å². The lowest BCUT2D eigenvalue weighted by Gasteiger charge is -2.11. The molecule has 3 rings (SSSR count). The normalized spacial score (nSPS) is 16.8. The van der Waals surface area contributed by atoms with Crippen LogP contribution >= 0.6 is 46.6 Å². The maximum atomic E-state index is 12.1. The second kappa shape index (κ2) is 7.83. The number of pyridine rings is 1. The molecule has 2 aromatic rings. The molecule has 1 aromatic heterocycles. The molecule has 130 valence electrons. The number of benzene rings is 1. The van der Waals surface area contributed by atoms with E-state index in [-0.39, 0.29) is 21.9 Å². The van der Waals surface area contributed by atoms with Gasteiger partial charge in [-0.3, -0.25) is 9.59 Å². The number of nitrogens with zero attached hydrogens (tertiary/aromatic N) is 1. The van der Waals surface area contributed by atoms with Crippen molar-refractivity contribution in [1.29, 1.82) is 0 Å². The van der Waals surface area contributed by atoms with Crippen LogP contribution in [-0.4, -0.2) is 27.8 Å². The summed E-state index contributed by atoms with van der Waals surface area (Å²) in [5, 5.41) is 3.58. The molecule has 0 bridgehead atoms. The summed E-state index contributed by atoms with van der Waals surface area (Å²) < 4.78 is 5.55. The van der Waals surface area contributed by atoms with Crippen LogP contribution in [0.4, 0.5) is 0 Å². The molecule has 0 saturated carbocycles. The van der Waals surface area contributed by atoms with Gasteiger partial charge in [0.15, 0.2) is 0 Å². The largest absolute Gasteiger partial charge is 0.437 e. The summed E-state index contributed by atoms with van der Waals surface area (Å²) in [7, 11) is 0. The topological polar surface area (TPSA) is 68.3 Å². The smallest absolute Gasteiger partial charge is 0.253 e. The Morgan fingerprint density at radius 1 is 1.20 bits per heavy atom. The molecule has 0 aliphatic carbocycles. The van der Waals surface area contributed by atoms with E-state index < -0.39 is 6.04 Å². The van der Waals surface area contributed by atoms with Crippen molar-refractivity contribution in [2.45, 2.75) is 12.5 Å². The van der Waals surface area contributed by atoms with E-state index in [4.69, 9.17) is 39.5 Å². The summed E-state index contributed by atoms with van der Waals surface area (Å²) in [6.07, 6.45) is 2.00. The SMILES string of the molecule is O=C(N[C@H]1CCSC1=O)c1ccc(Oc2cc(Cl)c(Cl)cc2Cl)nc1. The van der Waals surface area contributed by atoms with E-state index in [2.05, 4.69) is 10.3 Å². The number of hydrogen-bond donors (Lipinski definition) is 1. The molecule has 0 spiro atoms. The Kier molecular flexibility index (Phi) is 5.74. The quantitative estimate of drug-likeness (QED) is 0.737. The first-order valence-electron chi connectivity index (χ1n) is 7.20. The number of nitrogens with one attached hydrogen (secondary N) is 1. The zero-order valence-corrected chi connectivity index (χ0v) is 15.7. The minimum Gasteiger partial charge on any atom is -0.437 e. The number of rotatable bonds is 4. The van der Waals surface area contributed by atoms with Gasteiger partial charge < -0.3 is 10.1 Å². The second-order valence-electron chi connectivity index (χ2n) is 5.17. The van der Waals surface area contributed by atoms with Crippen molar-refractivity contribution in [2.75, 3.05) is 5.75 Å². The van der Waals surface area contributed by atoms with Crippen molar-refractivity contribution in [3.63, 3.8) is 0 Å². The Bertz CT molecular complexity index is 830. The summed E-state index contributed by atoms with van der Waals surface area (Å²) >= 11 is 19.1. The molecule has 1 N–H and O–H groups in total. The van der Waals surface area contributed by atoms with Crippen LogP contribution in [0.5, 0.6) is 11.6 Å². The van der Waals surface area contributed by atoms with Crippen molar-refractivity contribution >= 4 is 57.6 Å². The maximum absolute atomic E-state index is 12.1. The Balaban J connectivity index is 1.69. The molecule has 5 nitrogen and oxygen atoms in total. The number of ether oxygens (including phenoxy) is 1. The third-order valence-corrected chi connectivity index (χ3v) is 5.45. The number of aromatic nitrogens is 1. The molecular formula is C16H11Cl3N2O3S. The van der Waals surface area contributed by atoms with Gasteiger partial charge in [-0.15, -0.1) is 0 Å². The Morgan fingerprint density at radius 2 is 1.96 bits per heavy atom. The van der Waals surface area contributed by atoms with Crippen molar-refractivity contribution in [1.82, 2.24) is 10.3 Å². The fourth-order valence-corrected chi connectivity index (χ4v) is 3.65. The average molecular weight is 418 g/mol. The van der Waals surface area contributed by atoms with E-state index in [1.165, 1.54) is 36.2 Å². The predicted octanol–water partition coefficient (Wildman–Crippen LogP) is 4.60. The van der Waals surface area contributed by atoms with Gasteiger partial charge in [0.25, 0.3) is 5.91 Å². The van der Waals surface area contributed by atoms with Gasteiger partial charge in [0.2, 0.25) is 11.0 Å². The lowest BCUT2D eigenvalue weighted by Crippen LogP contribution is -2.37. The summed E-state index contributed by atoms with van der Waals surface area (Å²) in [4.78, 5) is 27.8. The molecule has 1 saturated heterocycles.